The minimum atomic E-state index is -0.487. The van der Waals surface area contributed by atoms with Gasteiger partial charge in [-0.2, -0.15) is 0 Å². The van der Waals surface area contributed by atoms with Crippen molar-refractivity contribution in [2.75, 3.05) is 19.6 Å². The predicted octanol–water partition coefficient (Wildman–Crippen LogP) is 3.37. The average Bonchev–Trinajstić information content (AvgIpc) is 2.46. The van der Waals surface area contributed by atoms with Gasteiger partial charge >= 0.3 is 0 Å². The molecule has 0 aliphatic carbocycles. The van der Waals surface area contributed by atoms with Crippen molar-refractivity contribution in [1.82, 2.24) is 4.90 Å². The summed E-state index contributed by atoms with van der Waals surface area (Å²) in [7, 11) is 0. The molecule has 0 bridgehead atoms. The molecule has 1 rings (SSSR count). The van der Waals surface area contributed by atoms with Crippen molar-refractivity contribution in [3.8, 4) is 0 Å². The summed E-state index contributed by atoms with van der Waals surface area (Å²) in [5.74, 6) is -0.803. The van der Waals surface area contributed by atoms with E-state index in [-0.39, 0.29) is 5.82 Å². The predicted molar refractivity (Wildman–Crippen MR) is 84.9 cm³/mol. The Bertz CT molecular complexity index is 440. The van der Waals surface area contributed by atoms with Gasteiger partial charge in [-0.3, -0.25) is 4.79 Å². The molecule has 0 saturated heterocycles. The van der Waals surface area contributed by atoms with Crippen LogP contribution < -0.4 is 5.73 Å². The molecule has 0 radical (unpaired) electrons. The fourth-order valence-electron chi connectivity index (χ4n) is 2.39. The van der Waals surface area contributed by atoms with E-state index in [9.17, 15) is 9.18 Å². The molecule has 2 N–H and O–H groups in total. The minimum Gasteiger partial charge on any atom is -0.366 e. The van der Waals surface area contributed by atoms with Crippen LogP contribution in [0.5, 0.6) is 0 Å². The zero-order valence-electron chi connectivity index (χ0n) is 13.2. The van der Waals surface area contributed by atoms with E-state index in [1.54, 1.807) is 0 Å². The zero-order valence-corrected chi connectivity index (χ0v) is 13.2. The van der Waals surface area contributed by atoms with Crippen molar-refractivity contribution in [3.05, 3.63) is 35.1 Å². The maximum atomic E-state index is 13.4. The highest BCUT2D eigenvalue weighted by atomic mass is 19.1. The van der Waals surface area contributed by atoms with E-state index < -0.39 is 5.91 Å². The highest BCUT2D eigenvalue weighted by molar-refractivity contribution is 5.94. The topological polar surface area (TPSA) is 46.3 Å². The molecule has 0 spiro atoms. The molecule has 0 heterocycles. The lowest BCUT2D eigenvalue weighted by Gasteiger charge is -2.22. The largest absolute Gasteiger partial charge is 0.366 e. The number of hydrogen-bond donors (Lipinski definition) is 1. The Morgan fingerprint density at radius 1 is 1.14 bits per heavy atom. The lowest BCUT2D eigenvalue weighted by molar-refractivity contribution is 0.0999. The van der Waals surface area contributed by atoms with Crippen LogP contribution in [0, 0.1) is 5.82 Å². The van der Waals surface area contributed by atoms with Crippen molar-refractivity contribution < 1.29 is 9.18 Å². The number of unbranched alkanes of at least 4 members (excludes halogenated alkanes) is 2. The lowest BCUT2D eigenvalue weighted by Crippen LogP contribution is -2.29. The van der Waals surface area contributed by atoms with Gasteiger partial charge in [-0.1, -0.05) is 26.7 Å². The van der Waals surface area contributed by atoms with Gasteiger partial charge in [0.2, 0.25) is 5.91 Å². The smallest absolute Gasteiger partial charge is 0.248 e. The lowest BCUT2D eigenvalue weighted by atomic mass is 10.0. The summed E-state index contributed by atoms with van der Waals surface area (Å²) >= 11 is 0. The van der Waals surface area contributed by atoms with Crippen LogP contribution in [0.25, 0.3) is 0 Å². The maximum absolute atomic E-state index is 13.4. The summed E-state index contributed by atoms with van der Waals surface area (Å²) in [4.78, 5) is 13.8. The number of carbonyl (C=O) groups excluding carboxylic acids is 1. The van der Waals surface area contributed by atoms with Crippen molar-refractivity contribution >= 4 is 5.91 Å². The Hall–Kier alpha value is -1.42. The molecule has 3 nitrogen and oxygen atoms in total. The highest BCUT2D eigenvalue weighted by Crippen LogP contribution is 2.13. The van der Waals surface area contributed by atoms with Crippen LogP contribution in [0.4, 0.5) is 4.39 Å². The fourth-order valence-corrected chi connectivity index (χ4v) is 2.39. The molecule has 1 aromatic rings. The van der Waals surface area contributed by atoms with E-state index in [0.717, 1.165) is 45.3 Å². The van der Waals surface area contributed by atoms with Crippen LogP contribution in [0.3, 0.4) is 0 Å². The Balaban J connectivity index is 2.69. The van der Waals surface area contributed by atoms with Gasteiger partial charge in [0, 0.05) is 12.1 Å². The van der Waals surface area contributed by atoms with Gasteiger partial charge in [0.15, 0.2) is 0 Å². The SMILES string of the molecule is CCCCN(CCCC)CCc1cc(F)ccc1C(N)=O. The van der Waals surface area contributed by atoms with Crippen molar-refractivity contribution in [2.45, 2.75) is 46.0 Å². The third kappa shape index (κ3) is 6.25. The normalized spacial score (nSPS) is 11.0. The molecule has 0 unspecified atom stereocenters. The number of carbonyl (C=O) groups is 1. The number of primary amides is 1. The van der Waals surface area contributed by atoms with Crippen molar-refractivity contribution in [1.29, 1.82) is 0 Å². The number of benzene rings is 1. The van der Waals surface area contributed by atoms with Crippen molar-refractivity contribution in [3.63, 3.8) is 0 Å². The Kier molecular flexibility index (Phi) is 7.98. The molecule has 1 aromatic carbocycles. The molecule has 1 amide bonds. The van der Waals surface area contributed by atoms with Crippen LogP contribution >= 0.6 is 0 Å². The Morgan fingerprint density at radius 3 is 2.29 bits per heavy atom. The monoisotopic (exact) mass is 294 g/mol. The third-order valence-corrected chi connectivity index (χ3v) is 3.69. The van der Waals surface area contributed by atoms with E-state index in [1.165, 1.54) is 18.2 Å². The molecule has 0 aliphatic heterocycles. The molecule has 0 atom stereocenters. The van der Waals surface area contributed by atoms with Gasteiger partial charge < -0.3 is 10.6 Å². The maximum Gasteiger partial charge on any atom is 0.248 e. The summed E-state index contributed by atoms with van der Waals surface area (Å²) in [6.45, 7) is 7.30. The molecule has 118 valence electrons. The van der Waals surface area contributed by atoms with E-state index in [2.05, 4.69) is 18.7 Å². The standard InChI is InChI=1S/C17H27FN2O/c1-3-5-10-20(11-6-4-2)12-9-14-13-15(18)7-8-16(14)17(19)21/h7-8,13H,3-6,9-12H2,1-2H3,(H2,19,21). The summed E-state index contributed by atoms with van der Waals surface area (Å²) in [6, 6.07) is 4.20. The van der Waals surface area contributed by atoms with Crippen LogP contribution in [0.15, 0.2) is 18.2 Å². The number of hydrogen-bond acceptors (Lipinski definition) is 2. The van der Waals surface area contributed by atoms with Crippen LogP contribution in [0.2, 0.25) is 0 Å². The molecule has 21 heavy (non-hydrogen) atoms. The molecule has 0 aliphatic rings. The first kappa shape index (κ1) is 17.6. The van der Waals surface area contributed by atoms with E-state index in [1.807, 2.05) is 0 Å². The van der Waals surface area contributed by atoms with Crippen molar-refractivity contribution in [2.24, 2.45) is 5.73 Å². The second-order valence-electron chi connectivity index (χ2n) is 5.46. The first-order chi connectivity index (χ1) is 10.1. The van der Waals surface area contributed by atoms with E-state index in [0.29, 0.717) is 17.5 Å². The van der Waals surface area contributed by atoms with Crippen LogP contribution in [-0.4, -0.2) is 30.4 Å². The molecule has 4 heteroatoms. The fraction of sp³-hybridized carbons (Fsp3) is 0.588. The van der Waals surface area contributed by atoms with Gasteiger partial charge in [-0.05, 0) is 56.1 Å². The molecule has 0 fully saturated rings. The van der Waals surface area contributed by atoms with Crippen LogP contribution in [0.1, 0.15) is 55.5 Å². The summed E-state index contributed by atoms with van der Waals surface area (Å²) in [6.07, 6.45) is 5.30. The first-order valence-corrected chi connectivity index (χ1v) is 7.89. The average molecular weight is 294 g/mol. The quantitative estimate of drug-likeness (QED) is 0.719. The van der Waals surface area contributed by atoms with E-state index in [4.69, 9.17) is 5.73 Å². The van der Waals surface area contributed by atoms with Gasteiger partial charge in [0.25, 0.3) is 0 Å². The number of rotatable bonds is 10. The second-order valence-corrected chi connectivity index (χ2v) is 5.46. The first-order valence-electron chi connectivity index (χ1n) is 7.89. The number of halogens is 1. The number of nitrogens with two attached hydrogens (primary N) is 1. The Labute approximate surface area is 127 Å². The molecular formula is C17H27FN2O. The third-order valence-electron chi connectivity index (χ3n) is 3.69. The van der Waals surface area contributed by atoms with Gasteiger partial charge in [-0.25, -0.2) is 4.39 Å². The van der Waals surface area contributed by atoms with Gasteiger partial charge in [0.1, 0.15) is 5.82 Å². The summed E-state index contributed by atoms with van der Waals surface area (Å²) in [5, 5.41) is 0. The number of nitrogens with zero attached hydrogens (tertiary/aromatic N) is 1. The highest BCUT2D eigenvalue weighted by Gasteiger charge is 2.11. The van der Waals surface area contributed by atoms with Gasteiger partial charge in [0.05, 0.1) is 0 Å². The second kappa shape index (κ2) is 9.50. The van der Waals surface area contributed by atoms with Gasteiger partial charge in [-0.15, -0.1) is 0 Å². The van der Waals surface area contributed by atoms with E-state index >= 15 is 0 Å². The zero-order chi connectivity index (χ0) is 15.7. The Morgan fingerprint density at radius 2 is 1.76 bits per heavy atom. The molecule has 0 saturated carbocycles. The van der Waals surface area contributed by atoms with Crippen LogP contribution in [-0.2, 0) is 6.42 Å². The minimum absolute atomic E-state index is 0.316. The summed E-state index contributed by atoms with van der Waals surface area (Å²) < 4.78 is 13.4. The number of amides is 1. The summed E-state index contributed by atoms with van der Waals surface area (Å²) in [5.41, 5.74) is 6.50. The molecule has 0 aromatic heterocycles. The molecular weight excluding hydrogens is 267 g/mol.